The predicted molar refractivity (Wildman–Crippen MR) is 89.3 cm³/mol. The largest absolute Gasteiger partial charge is 0.464 e. The first kappa shape index (κ1) is 16.4. The van der Waals surface area contributed by atoms with Gasteiger partial charge in [-0.25, -0.2) is 18.2 Å². The Labute approximate surface area is 141 Å². The Bertz CT molecular complexity index is 844. The molecule has 0 bridgehead atoms. The molecule has 0 unspecified atom stereocenters. The lowest BCUT2D eigenvalue weighted by Gasteiger charge is -2.30. The fourth-order valence-corrected chi connectivity index (χ4v) is 4.35. The van der Waals surface area contributed by atoms with Crippen LogP contribution >= 0.6 is 0 Å². The van der Waals surface area contributed by atoms with Crippen molar-refractivity contribution in [1.82, 2.24) is 4.98 Å². The first-order valence-corrected chi connectivity index (χ1v) is 8.97. The number of hydrogen-bond acceptors (Lipinski definition) is 5. The number of nitrogens with zero attached hydrogens (tertiary/aromatic N) is 2. The van der Waals surface area contributed by atoms with E-state index in [1.165, 1.54) is 29.7 Å². The highest BCUT2D eigenvalue weighted by Gasteiger charge is 2.49. The molecule has 1 aromatic heterocycles. The molecule has 0 saturated heterocycles. The van der Waals surface area contributed by atoms with Crippen LogP contribution in [0.1, 0.15) is 30.3 Å². The first-order chi connectivity index (χ1) is 11.4. The quantitative estimate of drug-likeness (QED) is 0.778. The molecule has 0 amide bonds. The van der Waals surface area contributed by atoms with Crippen LogP contribution in [0.4, 0.5) is 5.69 Å². The molecular formula is C17H18N2O4S. The minimum absolute atomic E-state index is 0.0483. The third-order valence-corrected chi connectivity index (χ3v) is 6.09. The van der Waals surface area contributed by atoms with Crippen molar-refractivity contribution >= 4 is 21.7 Å². The summed E-state index contributed by atoms with van der Waals surface area (Å²) >= 11 is 0. The summed E-state index contributed by atoms with van der Waals surface area (Å²) < 4.78 is 32.3. The fourth-order valence-electron chi connectivity index (χ4n) is 2.55. The van der Waals surface area contributed by atoms with Crippen LogP contribution in [0.25, 0.3) is 0 Å². The van der Waals surface area contributed by atoms with Gasteiger partial charge in [-0.1, -0.05) is 18.2 Å². The Hall–Kier alpha value is -2.41. The van der Waals surface area contributed by atoms with Gasteiger partial charge in [-0.3, -0.25) is 4.31 Å². The summed E-state index contributed by atoms with van der Waals surface area (Å²) in [6.07, 6.45) is 2.80. The molecule has 1 saturated carbocycles. The second-order valence-electron chi connectivity index (χ2n) is 5.97. The molecule has 3 rings (SSSR count). The van der Waals surface area contributed by atoms with Gasteiger partial charge in [0.15, 0.2) is 0 Å². The van der Waals surface area contributed by atoms with Crippen LogP contribution in [0.15, 0.2) is 53.6 Å². The summed E-state index contributed by atoms with van der Waals surface area (Å²) in [7, 11) is -2.53. The maximum absolute atomic E-state index is 13.1. The van der Waals surface area contributed by atoms with Crippen molar-refractivity contribution in [2.75, 3.05) is 11.4 Å². The number of rotatable bonds is 5. The van der Waals surface area contributed by atoms with Gasteiger partial charge in [-0.2, -0.15) is 0 Å². The van der Waals surface area contributed by atoms with Gasteiger partial charge in [0.25, 0.3) is 10.0 Å². The molecule has 0 aliphatic heterocycles. The van der Waals surface area contributed by atoms with Crippen LogP contribution < -0.4 is 4.31 Å². The van der Waals surface area contributed by atoms with Crippen LogP contribution in [0.2, 0.25) is 0 Å². The average molecular weight is 346 g/mol. The Morgan fingerprint density at radius 1 is 1.17 bits per heavy atom. The van der Waals surface area contributed by atoms with E-state index in [0.717, 1.165) is 12.8 Å². The zero-order valence-corrected chi connectivity index (χ0v) is 14.3. The number of esters is 1. The number of sulfonamides is 1. The van der Waals surface area contributed by atoms with Crippen molar-refractivity contribution in [2.45, 2.75) is 30.2 Å². The van der Waals surface area contributed by atoms with Crippen LogP contribution in [-0.2, 0) is 14.8 Å². The maximum atomic E-state index is 13.1. The van der Waals surface area contributed by atoms with Crippen LogP contribution in [0, 0.1) is 0 Å². The molecule has 0 atom stereocenters. The molecule has 126 valence electrons. The number of carbonyl (C=O) groups is 1. The Morgan fingerprint density at radius 2 is 1.83 bits per heavy atom. The highest BCUT2D eigenvalue weighted by molar-refractivity contribution is 7.93. The molecule has 24 heavy (non-hydrogen) atoms. The molecule has 0 spiro atoms. The standard InChI is InChI=1S/C17H18N2O4S/c1-17(10-11-17)19(13-6-4-3-5-7-13)24(21,22)14-8-9-15(18-12-14)16(20)23-2/h3-9,12H,10-11H2,1-2H3. The number of methoxy groups -OCH3 is 1. The van der Waals surface area contributed by atoms with Gasteiger partial charge in [0.2, 0.25) is 0 Å². The molecule has 0 N–H and O–H groups in total. The highest BCUT2D eigenvalue weighted by atomic mass is 32.2. The zero-order chi connectivity index (χ0) is 17.4. The molecule has 1 aromatic carbocycles. The Morgan fingerprint density at radius 3 is 2.33 bits per heavy atom. The second kappa shape index (κ2) is 5.90. The SMILES string of the molecule is COC(=O)c1ccc(S(=O)(=O)N(c2ccccc2)C2(C)CC2)cn1. The molecule has 2 aromatic rings. The van der Waals surface area contributed by atoms with Gasteiger partial charge in [0.05, 0.1) is 18.3 Å². The van der Waals surface area contributed by atoms with E-state index in [4.69, 9.17) is 0 Å². The predicted octanol–water partition coefficient (Wildman–Crippen LogP) is 2.62. The van der Waals surface area contributed by atoms with E-state index >= 15 is 0 Å². The number of hydrogen-bond donors (Lipinski definition) is 0. The number of anilines is 1. The highest BCUT2D eigenvalue weighted by Crippen LogP contribution is 2.46. The molecule has 7 heteroatoms. The lowest BCUT2D eigenvalue weighted by atomic mass is 10.2. The molecule has 1 fully saturated rings. The summed E-state index contributed by atoms with van der Waals surface area (Å²) in [6.45, 7) is 1.92. The van der Waals surface area contributed by atoms with Gasteiger partial charge in [0, 0.05) is 6.20 Å². The molecule has 6 nitrogen and oxygen atoms in total. The van der Waals surface area contributed by atoms with Crippen molar-refractivity contribution in [1.29, 1.82) is 0 Å². The number of benzene rings is 1. The first-order valence-electron chi connectivity index (χ1n) is 7.53. The van der Waals surface area contributed by atoms with Crippen LogP contribution in [0.3, 0.4) is 0 Å². The normalized spacial score (nSPS) is 15.6. The summed E-state index contributed by atoms with van der Waals surface area (Å²) in [5.74, 6) is -0.604. The average Bonchev–Trinajstić information content (AvgIpc) is 3.32. The van der Waals surface area contributed by atoms with Crippen molar-refractivity contribution in [2.24, 2.45) is 0 Å². The molecule has 0 radical (unpaired) electrons. The van der Waals surface area contributed by atoms with E-state index in [0.29, 0.717) is 5.69 Å². The van der Waals surface area contributed by atoms with E-state index < -0.39 is 21.5 Å². The molecule has 1 heterocycles. The van der Waals surface area contributed by atoms with Gasteiger partial charge in [0.1, 0.15) is 10.6 Å². The Balaban J connectivity index is 2.02. The number of para-hydroxylation sites is 1. The van der Waals surface area contributed by atoms with Crippen molar-refractivity contribution in [3.63, 3.8) is 0 Å². The number of carbonyl (C=O) groups excluding carboxylic acids is 1. The lowest BCUT2D eigenvalue weighted by molar-refractivity contribution is 0.0594. The van der Waals surface area contributed by atoms with E-state index in [2.05, 4.69) is 9.72 Å². The number of pyridine rings is 1. The van der Waals surface area contributed by atoms with E-state index in [9.17, 15) is 13.2 Å². The Kier molecular flexibility index (Phi) is 4.04. The van der Waals surface area contributed by atoms with E-state index in [1.54, 1.807) is 12.1 Å². The summed E-state index contributed by atoms with van der Waals surface area (Å²) in [5, 5.41) is 0. The summed E-state index contributed by atoms with van der Waals surface area (Å²) in [6, 6.07) is 11.8. The van der Waals surface area contributed by atoms with Crippen molar-refractivity contribution in [3.8, 4) is 0 Å². The van der Waals surface area contributed by atoms with Crippen molar-refractivity contribution in [3.05, 3.63) is 54.4 Å². The third kappa shape index (κ3) is 2.87. The molecular weight excluding hydrogens is 328 g/mol. The third-order valence-electron chi connectivity index (χ3n) is 4.12. The summed E-state index contributed by atoms with van der Waals surface area (Å²) in [5.41, 5.74) is 0.260. The van der Waals surface area contributed by atoms with Gasteiger partial charge in [-0.15, -0.1) is 0 Å². The van der Waals surface area contributed by atoms with Crippen LogP contribution in [-0.4, -0.2) is 32.0 Å². The smallest absolute Gasteiger partial charge is 0.356 e. The lowest BCUT2D eigenvalue weighted by Crippen LogP contribution is -2.40. The van der Waals surface area contributed by atoms with Crippen molar-refractivity contribution < 1.29 is 17.9 Å². The molecule has 1 aliphatic rings. The van der Waals surface area contributed by atoms with Gasteiger partial charge >= 0.3 is 5.97 Å². The maximum Gasteiger partial charge on any atom is 0.356 e. The van der Waals surface area contributed by atoms with Crippen LogP contribution in [0.5, 0.6) is 0 Å². The number of ether oxygens (including phenoxy) is 1. The fraction of sp³-hybridized carbons (Fsp3) is 0.294. The number of aromatic nitrogens is 1. The summed E-state index contributed by atoms with van der Waals surface area (Å²) in [4.78, 5) is 15.4. The minimum Gasteiger partial charge on any atom is -0.464 e. The van der Waals surface area contributed by atoms with Gasteiger partial charge < -0.3 is 4.74 Å². The molecule has 1 aliphatic carbocycles. The monoisotopic (exact) mass is 346 g/mol. The zero-order valence-electron chi connectivity index (χ0n) is 13.5. The minimum atomic E-state index is -3.78. The second-order valence-corrected chi connectivity index (χ2v) is 7.76. The van der Waals surface area contributed by atoms with E-state index in [-0.39, 0.29) is 10.6 Å². The van der Waals surface area contributed by atoms with E-state index in [1.807, 2.05) is 25.1 Å². The topological polar surface area (TPSA) is 76.6 Å². The van der Waals surface area contributed by atoms with Gasteiger partial charge in [-0.05, 0) is 44.0 Å².